The number of fused-ring (bicyclic) bond motifs is 1. The quantitative estimate of drug-likeness (QED) is 0.623. The minimum atomic E-state index is -3.66. The molecule has 4 N–H and O–H groups in total. The second-order valence-corrected chi connectivity index (χ2v) is 6.22. The highest BCUT2D eigenvalue weighted by atomic mass is 32.2. The van der Waals surface area contributed by atoms with Crippen LogP contribution in [-0.2, 0) is 16.6 Å². The lowest BCUT2D eigenvalue weighted by Gasteiger charge is -2.05. The average Bonchev–Trinajstić information content (AvgIpc) is 2.90. The number of anilines is 1. The van der Waals surface area contributed by atoms with Gasteiger partial charge in [-0.1, -0.05) is 0 Å². The Hall–Kier alpha value is -2.45. The van der Waals surface area contributed by atoms with Crippen LogP contribution in [0.15, 0.2) is 47.9 Å². The van der Waals surface area contributed by atoms with Crippen LogP contribution >= 0.6 is 0 Å². The molecule has 0 aliphatic rings. The van der Waals surface area contributed by atoms with E-state index < -0.39 is 10.0 Å². The van der Waals surface area contributed by atoms with Crippen LogP contribution in [0.4, 0.5) is 5.69 Å². The van der Waals surface area contributed by atoms with E-state index in [1.807, 2.05) is 0 Å². The van der Waals surface area contributed by atoms with Crippen molar-refractivity contribution in [1.29, 1.82) is 0 Å². The van der Waals surface area contributed by atoms with Crippen LogP contribution < -0.4 is 10.5 Å². The summed E-state index contributed by atoms with van der Waals surface area (Å²) in [7, 11) is -3.66. The van der Waals surface area contributed by atoms with Gasteiger partial charge in [-0.05, 0) is 24.3 Å². The Balaban J connectivity index is 1.91. The molecule has 1 aromatic carbocycles. The van der Waals surface area contributed by atoms with Crippen molar-refractivity contribution in [2.75, 3.05) is 5.73 Å². The van der Waals surface area contributed by atoms with Gasteiger partial charge in [0.15, 0.2) is 0 Å². The van der Waals surface area contributed by atoms with E-state index in [4.69, 9.17) is 5.73 Å². The molecule has 0 saturated carbocycles. The highest BCUT2D eigenvalue weighted by Gasteiger charge is 2.19. The molecule has 0 radical (unpaired) electrons. The number of hydrogen-bond donors (Lipinski definition) is 3. The molecule has 0 unspecified atom stereocenters. The van der Waals surface area contributed by atoms with Crippen LogP contribution in [0.5, 0.6) is 0 Å². The largest absolute Gasteiger partial charge is 0.399 e. The fourth-order valence-corrected chi connectivity index (χ4v) is 3.17. The number of nitrogens with two attached hydrogens (primary N) is 1. The first-order valence-corrected chi connectivity index (χ1v) is 7.66. The average molecular weight is 303 g/mol. The lowest BCUT2D eigenvalue weighted by atomic mass is 10.2. The van der Waals surface area contributed by atoms with Crippen molar-refractivity contribution in [3.63, 3.8) is 0 Å². The summed E-state index contributed by atoms with van der Waals surface area (Å²) in [5, 5.41) is 0.560. The smallest absolute Gasteiger partial charge is 0.243 e. The number of aromatic nitrogens is 3. The fourth-order valence-electron chi connectivity index (χ4n) is 2.00. The summed E-state index contributed by atoms with van der Waals surface area (Å²) in [5.41, 5.74) is 7.53. The molecule has 108 valence electrons. The molecule has 0 bridgehead atoms. The normalized spacial score (nSPS) is 11.8. The number of rotatable bonds is 4. The second-order valence-electron chi connectivity index (χ2n) is 4.48. The van der Waals surface area contributed by atoms with Crippen molar-refractivity contribution in [3.05, 3.63) is 48.7 Å². The van der Waals surface area contributed by atoms with Gasteiger partial charge in [0.05, 0.1) is 12.2 Å². The van der Waals surface area contributed by atoms with E-state index in [1.54, 1.807) is 30.5 Å². The molecule has 0 aliphatic heterocycles. The number of hydrogen-bond acceptors (Lipinski definition) is 5. The van der Waals surface area contributed by atoms with Crippen LogP contribution in [0.25, 0.3) is 10.9 Å². The van der Waals surface area contributed by atoms with E-state index in [9.17, 15) is 8.42 Å². The fraction of sp³-hybridized carbons (Fsp3) is 0.0769. The molecule has 3 aromatic rings. The minimum Gasteiger partial charge on any atom is -0.399 e. The molecule has 0 saturated heterocycles. The molecule has 8 heteroatoms. The predicted octanol–water partition coefficient (Wildman–Crippen LogP) is 1.02. The van der Waals surface area contributed by atoms with Gasteiger partial charge in [0.1, 0.15) is 11.2 Å². The van der Waals surface area contributed by atoms with Gasteiger partial charge in [-0.2, -0.15) is 0 Å². The number of nitrogens with zero attached hydrogens (tertiary/aromatic N) is 2. The Labute approximate surface area is 121 Å². The summed E-state index contributed by atoms with van der Waals surface area (Å²) >= 11 is 0. The molecule has 21 heavy (non-hydrogen) atoms. The third kappa shape index (κ3) is 2.71. The standard InChI is InChI=1S/C13H13N5O2S/c14-9-1-2-12-11(5-9)13(7-16-12)21(19,20)18-6-10-3-4-15-8-17-10/h1-5,7-8,16,18H,6,14H2. The van der Waals surface area contributed by atoms with Crippen LogP contribution in [0.3, 0.4) is 0 Å². The highest BCUT2D eigenvalue weighted by molar-refractivity contribution is 7.89. The van der Waals surface area contributed by atoms with Gasteiger partial charge in [-0.25, -0.2) is 23.1 Å². The lowest BCUT2D eigenvalue weighted by molar-refractivity contribution is 0.581. The van der Waals surface area contributed by atoms with Crippen molar-refractivity contribution in [3.8, 4) is 0 Å². The number of benzene rings is 1. The molecular weight excluding hydrogens is 290 g/mol. The van der Waals surface area contributed by atoms with E-state index in [2.05, 4.69) is 19.7 Å². The topological polar surface area (TPSA) is 114 Å². The molecule has 2 aromatic heterocycles. The SMILES string of the molecule is Nc1ccc2[nH]cc(S(=O)(=O)NCc3ccncn3)c2c1. The van der Waals surface area contributed by atoms with Gasteiger partial charge in [0.25, 0.3) is 0 Å². The maximum absolute atomic E-state index is 12.4. The number of aromatic amines is 1. The summed E-state index contributed by atoms with van der Waals surface area (Å²) in [6.07, 6.45) is 4.38. The molecule has 0 atom stereocenters. The third-order valence-corrected chi connectivity index (χ3v) is 4.49. The first-order valence-electron chi connectivity index (χ1n) is 6.17. The summed E-state index contributed by atoms with van der Waals surface area (Å²) in [6, 6.07) is 6.73. The number of sulfonamides is 1. The monoisotopic (exact) mass is 303 g/mol. The van der Waals surface area contributed by atoms with E-state index >= 15 is 0 Å². The molecule has 0 fully saturated rings. The Morgan fingerprint density at radius 1 is 1.29 bits per heavy atom. The zero-order valence-electron chi connectivity index (χ0n) is 10.9. The van der Waals surface area contributed by atoms with E-state index in [-0.39, 0.29) is 11.4 Å². The minimum absolute atomic E-state index is 0.0971. The first kappa shape index (κ1) is 13.5. The van der Waals surface area contributed by atoms with Crippen LogP contribution in [0.2, 0.25) is 0 Å². The van der Waals surface area contributed by atoms with Gasteiger partial charge < -0.3 is 10.7 Å². The summed E-state index contributed by atoms with van der Waals surface area (Å²) < 4.78 is 27.3. The first-order chi connectivity index (χ1) is 10.1. The molecule has 3 rings (SSSR count). The highest BCUT2D eigenvalue weighted by Crippen LogP contribution is 2.24. The van der Waals surface area contributed by atoms with Crippen molar-refractivity contribution in [2.45, 2.75) is 11.4 Å². The van der Waals surface area contributed by atoms with E-state index in [0.29, 0.717) is 22.3 Å². The molecule has 7 nitrogen and oxygen atoms in total. The lowest BCUT2D eigenvalue weighted by Crippen LogP contribution is -2.23. The van der Waals surface area contributed by atoms with Crippen molar-refractivity contribution < 1.29 is 8.42 Å². The predicted molar refractivity (Wildman–Crippen MR) is 78.8 cm³/mol. The van der Waals surface area contributed by atoms with Gasteiger partial charge in [0, 0.05) is 29.0 Å². The van der Waals surface area contributed by atoms with Crippen LogP contribution in [0.1, 0.15) is 5.69 Å². The Morgan fingerprint density at radius 2 is 2.14 bits per heavy atom. The maximum atomic E-state index is 12.4. The van der Waals surface area contributed by atoms with Crippen molar-refractivity contribution in [2.24, 2.45) is 0 Å². The Kier molecular flexibility index (Phi) is 3.32. The van der Waals surface area contributed by atoms with Gasteiger partial charge >= 0.3 is 0 Å². The molecule has 0 amide bonds. The molecule has 2 heterocycles. The van der Waals surface area contributed by atoms with Gasteiger partial charge in [-0.15, -0.1) is 0 Å². The van der Waals surface area contributed by atoms with Crippen molar-refractivity contribution in [1.82, 2.24) is 19.7 Å². The molecule has 0 aliphatic carbocycles. The Bertz CT molecular complexity index is 874. The third-order valence-electron chi connectivity index (χ3n) is 3.04. The Morgan fingerprint density at radius 3 is 2.90 bits per heavy atom. The zero-order valence-corrected chi connectivity index (χ0v) is 11.8. The molecule has 0 spiro atoms. The van der Waals surface area contributed by atoms with Crippen molar-refractivity contribution >= 4 is 26.6 Å². The number of H-pyrrole nitrogens is 1. The van der Waals surface area contributed by atoms with Crippen LogP contribution in [-0.4, -0.2) is 23.4 Å². The van der Waals surface area contributed by atoms with E-state index in [1.165, 1.54) is 12.5 Å². The van der Waals surface area contributed by atoms with E-state index in [0.717, 1.165) is 0 Å². The number of nitrogens with one attached hydrogen (secondary N) is 2. The summed E-state index contributed by atoms with van der Waals surface area (Å²) in [4.78, 5) is 10.8. The second kappa shape index (κ2) is 5.15. The maximum Gasteiger partial charge on any atom is 0.243 e. The van der Waals surface area contributed by atoms with Gasteiger partial charge in [-0.3, -0.25) is 0 Å². The zero-order chi connectivity index (χ0) is 14.9. The van der Waals surface area contributed by atoms with Gasteiger partial charge in [0.2, 0.25) is 10.0 Å². The summed E-state index contributed by atoms with van der Waals surface area (Å²) in [5.74, 6) is 0. The van der Waals surface area contributed by atoms with Crippen LogP contribution in [0, 0.1) is 0 Å². The molecular formula is C13H13N5O2S. The number of nitrogen functional groups attached to an aromatic ring is 1. The summed E-state index contributed by atoms with van der Waals surface area (Å²) in [6.45, 7) is 0.0971.